The van der Waals surface area contributed by atoms with E-state index >= 15 is 0 Å². The van der Waals surface area contributed by atoms with E-state index in [1.165, 1.54) is 0 Å². The van der Waals surface area contributed by atoms with Crippen LogP contribution in [0.1, 0.15) is 25.3 Å². The molecule has 2 rings (SSSR count). The van der Waals surface area contributed by atoms with E-state index < -0.39 is 11.4 Å². The Morgan fingerprint density at radius 2 is 2.05 bits per heavy atom. The normalized spacial score (nSPS) is 17.3. The van der Waals surface area contributed by atoms with Gasteiger partial charge in [0, 0.05) is 24.7 Å². The molecule has 1 fully saturated rings. The van der Waals surface area contributed by atoms with Crippen molar-refractivity contribution in [3.63, 3.8) is 0 Å². The third-order valence-electron chi connectivity index (χ3n) is 4.00. The standard InChI is InChI=1S/C15H19ClN2O3/c1-15(13(19)20)5-7-18(8-6-15)14(21)17-10-11-3-2-4-12(16)9-11/h2-4,9H,5-8,10H2,1H3,(H,17,21)(H,19,20). The van der Waals surface area contributed by atoms with Gasteiger partial charge >= 0.3 is 12.0 Å². The van der Waals surface area contributed by atoms with Crippen LogP contribution in [0.2, 0.25) is 5.02 Å². The van der Waals surface area contributed by atoms with Gasteiger partial charge in [-0.3, -0.25) is 4.79 Å². The lowest BCUT2D eigenvalue weighted by atomic mass is 9.80. The molecule has 0 atom stereocenters. The van der Waals surface area contributed by atoms with Gasteiger partial charge in [-0.15, -0.1) is 0 Å². The number of carbonyl (C=O) groups excluding carboxylic acids is 1. The summed E-state index contributed by atoms with van der Waals surface area (Å²) in [6.07, 6.45) is 0.958. The molecule has 0 saturated carbocycles. The molecule has 1 saturated heterocycles. The number of carboxylic acids is 1. The van der Waals surface area contributed by atoms with E-state index in [9.17, 15) is 9.59 Å². The fourth-order valence-corrected chi connectivity index (χ4v) is 2.57. The highest BCUT2D eigenvalue weighted by Crippen LogP contribution is 2.30. The Labute approximate surface area is 128 Å². The van der Waals surface area contributed by atoms with Gasteiger partial charge in [0.05, 0.1) is 5.41 Å². The van der Waals surface area contributed by atoms with Crippen molar-refractivity contribution in [3.05, 3.63) is 34.9 Å². The van der Waals surface area contributed by atoms with Crippen LogP contribution in [-0.4, -0.2) is 35.1 Å². The van der Waals surface area contributed by atoms with Gasteiger partial charge in [0.1, 0.15) is 0 Å². The molecule has 5 nitrogen and oxygen atoms in total. The molecule has 2 amide bonds. The molecule has 0 aliphatic carbocycles. The van der Waals surface area contributed by atoms with Crippen LogP contribution in [0.4, 0.5) is 4.79 Å². The summed E-state index contributed by atoms with van der Waals surface area (Å²) in [5, 5.41) is 12.6. The molecular formula is C15H19ClN2O3. The average molecular weight is 311 g/mol. The smallest absolute Gasteiger partial charge is 0.317 e. The number of amides is 2. The summed E-state index contributed by atoms with van der Waals surface area (Å²) in [7, 11) is 0. The monoisotopic (exact) mass is 310 g/mol. The molecule has 1 aliphatic heterocycles. The maximum atomic E-state index is 12.1. The molecule has 0 radical (unpaired) electrons. The minimum atomic E-state index is -0.790. The van der Waals surface area contributed by atoms with Gasteiger partial charge in [-0.05, 0) is 37.5 Å². The second kappa shape index (κ2) is 6.35. The number of hydrogen-bond donors (Lipinski definition) is 2. The van der Waals surface area contributed by atoms with E-state index in [0.29, 0.717) is 37.5 Å². The zero-order chi connectivity index (χ0) is 15.5. The quantitative estimate of drug-likeness (QED) is 0.902. The Morgan fingerprint density at radius 3 is 2.62 bits per heavy atom. The first kappa shape index (κ1) is 15.6. The van der Waals surface area contributed by atoms with E-state index in [4.69, 9.17) is 16.7 Å². The van der Waals surface area contributed by atoms with Gasteiger partial charge in [0.15, 0.2) is 0 Å². The summed E-state index contributed by atoms with van der Waals surface area (Å²) in [6.45, 7) is 3.07. The zero-order valence-electron chi connectivity index (χ0n) is 11.9. The molecule has 0 bridgehead atoms. The van der Waals surface area contributed by atoms with Crippen LogP contribution in [-0.2, 0) is 11.3 Å². The van der Waals surface area contributed by atoms with Gasteiger partial charge in [0.2, 0.25) is 0 Å². The van der Waals surface area contributed by atoms with Crippen molar-refractivity contribution in [2.75, 3.05) is 13.1 Å². The maximum Gasteiger partial charge on any atom is 0.317 e. The summed E-state index contributed by atoms with van der Waals surface area (Å²) >= 11 is 5.89. The maximum absolute atomic E-state index is 12.1. The highest BCUT2D eigenvalue weighted by Gasteiger charge is 2.37. The molecule has 1 heterocycles. The number of piperidine rings is 1. The third kappa shape index (κ3) is 3.88. The van der Waals surface area contributed by atoms with Crippen molar-refractivity contribution in [1.29, 1.82) is 0 Å². The second-order valence-electron chi connectivity index (χ2n) is 5.64. The molecule has 1 aromatic rings. The fourth-order valence-electron chi connectivity index (χ4n) is 2.35. The van der Waals surface area contributed by atoms with Crippen LogP contribution in [0, 0.1) is 5.41 Å². The van der Waals surface area contributed by atoms with Crippen molar-refractivity contribution in [1.82, 2.24) is 10.2 Å². The zero-order valence-corrected chi connectivity index (χ0v) is 12.7. The van der Waals surface area contributed by atoms with Gasteiger partial charge in [-0.1, -0.05) is 23.7 Å². The predicted octanol–water partition coefficient (Wildman–Crippen LogP) is 2.74. The van der Waals surface area contributed by atoms with Crippen LogP contribution in [0.3, 0.4) is 0 Å². The minimum absolute atomic E-state index is 0.164. The third-order valence-corrected chi connectivity index (χ3v) is 4.24. The lowest BCUT2D eigenvalue weighted by Crippen LogP contribution is -2.48. The van der Waals surface area contributed by atoms with E-state index in [0.717, 1.165) is 5.56 Å². The van der Waals surface area contributed by atoms with Crippen molar-refractivity contribution in [2.45, 2.75) is 26.3 Å². The van der Waals surface area contributed by atoms with Gasteiger partial charge in [0.25, 0.3) is 0 Å². The minimum Gasteiger partial charge on any atom is -0.481 e. The molecule has 1 aliphatic rings. The van der Waals surface area contributed by atoms with Crippen LogP contribution < -0.4 is 5.32 Å². The number of likely N-dealkylation sites (tertiary alicyclic amines) is 1. The summed E-state index contributed by atoms with van der Waals surface area (Å²) in [5.41, 5.74) is 0.215. The van der Waals surface area contributed by atoms with Crippen molar-refractivity contribution in [2.24, 2.45) is 5.41 Å². The Hall–Kier alpha value is -1.75. The number of hydrogen-bond acceptors (Lipinski definition) is 2. The largest absolute Gasteiger partial charge is 0.481 e. The molecule has 21 heavy (non-hydrogen) atoms. The molecule has 1 aromatic carbocycles. The van der Waals surface area contributed by atoms with Gasteiger partial charge in [-0.2, -0.15) is 0 Å². The molecule has 114 valence electrons. The highest BCUT2D eigenvalue weighted by atomic mass is 35.5. The Bertz CT molecular complexity index is 539. The SMILES string of the molecule is CC1(C(=O)O)CCN(C(=O)NCc2cccc(Cl)c2)CC1. The number of carboxylic acid groups (broad SMARTS) is 1. The molecular weight excluding hydrogens is 292 g/mol. The number of nitrogens with one attached hydrogen (secondary N) is 1. The molecule has 0 spiro atoms. The van der Waals surface area contributed by atoms with Gasteiger partial charge < -0.3 is 15.3 Å². The van der Waals surface area contributed by atoms with Crippen LogP contribution >= 0.6 is 11.6 Å². The van der Waals surface area contributed by atoms with Crippen molar-refractivity contribution in [3.8, 4) is 0 Å². The Kier molecular flexibility index (Phi) is 4.73. The Morgan fingerprint density at radius 1 is 1.38 bits per heavy atom. The van der Waals surface area contributed by atoms with E-state index in [2.05, 4.69) is 5.32 Å². The summed E-state index contributed by atoms with van der Waals surface area (Å²) < 4.78 is 0. The Balaban J connectivity index is 1.84. The number of carbonyl (C=O) groups is 2. The second-order valence-corrected chi connectivity index (χ2v) is 6.08. The first-order chi connectivity index (χ1) is 9.90. The van der Waals surface area contributed by atoms with Crippen LogP contribution in [0.15, 0.2) is 24.3 Å². The predicted molar refractivity (Wildman–Crippen MR) is 80.2 cm³/mol. The molecule has 0 aromatic heterocycles. The number of benzene rings is 1. The highest BCUT2D eigenvalue weighted by molar-refractivity contribution is 6.30. The van der Waals surface area contributed by atoms with Gasteiger partial charge in [-0.25, -0.2) is 4.79 Å². The van der Waals surface area contributed by atoms with E-state index in [1.807, 2.05) is 12.1 Å². The number of rotatable bonds is 3. The summed E-state index contributed by atoms with van der Waals surface area (Å²) in [5.74, 6) is -0.790. The van der Waals surface area contributed by atoms with Crippen LogP contribution in [0.5, 0.6) is 0 Å². The average Bonchev–Trinajstić information content (AvgIpc) is 2.45. The lowest BCUT2D eigenvalue weighted by molar-refractivity contribution is -0.150. The molecule has 0 unspecified atom stereocenters. The fraction of sp³-hybridized carbons (Fsp3) is 0.467. The summed E-state index contributed by atoms with van der Waals surface area (Å²) in [4.78, 5) is 24.9. The first-order valence-electron chi connectivity index (χ1n) is 6.91. The first-order valence-corrected chi connectivity index (χ1v) is 7.29. The molecule has 6 heteroatoms. The van der Waals surface area contributed by atoms with Crippen LogP contribution in [0.25, 0.3) is 0 Å². The van der Waals surface area contributed by atoms with Crippen molar-refractivity contribution < 1.29 is 14.7 Å². The van der Waals surface area contributed by atoms with E-state index in [-0.39, 0.29) is 6.03 Å². The summed E-state index contributed by atoms with van der Waals surface area (Å²) in [6, 6.07) is 7.15. The number of halogens is 1. The van der Waals surface area contributed by atoms with Crippen molar-refractivity contribution >= 4 is 23.6 Å². The number of urea groups is 1. The lowest BCUT2D eigenvalue weighted by Gasteiger charge is -2.36. The topological polar surface area (TPSA) is 69.6 Å². The number of nitrogens with zero attached hydrogens (tertiary/aromatic N) is 1. The molecule has 2 N–H and O–H groups in total. The van der Waals surface area contributed by atoms with E-state index in [1.54, 1.807) is 24.0 Å². The number of aliphatic carboxylic acids is 1.